The Morgan fingerprint density at radius 3 is 2.58 bits per heavy atom. The largest absolute Gasteiger partial charge is 0.511 e. The second-order valence-corrected chi connectivity index (χ2v) is 4.81. The number of rotatable bonds is 3. The van der Waals surface area contributed by atoms with Crippen LogP contribution < -0.4 is 0 Å². The van der Waals surface area contributed by atoms with Crippen molar-refractivity contribution in [2.45, 2.75) is 38.5 Å². The lowest BCUT2D eigenvalue weighted by Gasteiger charge is -2.22. The van der Waals surface area contributed by atoms with Gasteiger partial charge in [-0.15, -0.1) is 0 Å². The Morgan fingerprint density at radius 2 is 2.05 bits per heavy atom. The molecule has 1 aliphatic rings. The molecule has 1 heterocycles. The summed E-state index contributed by atoms with van der Waals surface area (Å²) in [5.74, 6) is -0.680. The summed E-state index contributed by atoms with van der Waals surface area (Å²) in [6, 6.07) is 3.67. The number of aliphatic hydroxyl groups is 1. The molecule has 0 aliphatic heterocycles. The number of hydrogen-bond donors (Lipinski definition) is 1. The molecular formula is C15H17NO3. The molecule has 0 saturated heterocycles. The standard InChI is InChI=1S/C15H17NO3/c1-2-4-12(17)15-13(18)7-11(8-14(15)19)10-5-3-6-16-9-10/h3,5-6,9,11,17H,2,4,7-8H2,1H3. The molecule has 0 atom stereocenters. The van der Waals surface area contributed by atoms with Crippen LogP contribution in [0.3, 0.4) is 0 Å². The summed E-state index contributed by atoms with van der Waals surface area (Å²) >= 11 is 0. The van der Waals surface area contributed by atoms with Gasteiger partial charge in [-0.2, -0.15) is 0 Å². The van der Waals surface area contributed by atoms with E-state index in [1.54, 1.807) is 18.5 Å². The van der Waals surface area contributed by atoms with E-state index in [4.69, 9.17) is 0 Å². The van der Waals surface area contributed by atoms with E-state index in [2.05, 4.69) is 4.98 Å². The summed E-state index contributed by atoms with van der Waals surface area (Å²) in [6.07, 6.45) is 4.97. The maximum Gasteiger partial charge on any atom is 0.170 e. The molecule has 4 heteroatoms. The van der Waals surface area contributed by atoms with Gasteiger partial charge >= 0.3 is 0 Å². The van der Waals surface area contributed by atoms with Crippen molar-refractivity contribution < 1.29 is 14.7 Å². The second-order valence-electron chi connectivity index (χ2n) is 4.81. The highest BCUT2D eigenvalue weighted by atomic mass is 16.3. The van der Waals surface area contributed by atoms with Crippen LogP contribution in [0.2, 0.25) is 0 Å². The topological polar surface area (TPSA) is 67.3 Å². The maximum absolute atomic E-state index is 12.0. The molecule has 1 aliphatic carbocycles. The van der Waals surface area contributed by atoms with Gasteiger partial charge in [0, 0.05) is 31.7 Å². The molecule has 2 rings (SSSR count). The summed E-state index contributed by atoms with van der Waals surface area (Å²) in [6.45, 7) is 1.90. The van der Waals surface area contributed by atoms with Gasteiger partial charge in [-0.25, -0.2) is 0 Å². The van der Waals surface area contributed by atoms with Gasteiger partial charge in [0.15, 0.2) is 11.6 Å². The number of hydrogen-bond acceptors (Lipinski definition) is 4. The first-order valence-corrected chi connectivity index (χ1v) is 6.52. The summed E-state index contributed by atoms with van der Waals surface area (Å²) in [4.78, 5) is 28.1. The lowest BCUT2D eigenvalue weighted by atomic mass is 9.80. The number of aliphatic hydroxyl groups excluding tert-OH is 1. The van der Waals surface area contributed by atoms with Crippen molar-refractivity contribution in [1.82, 2.24) is 4.98 Å². The Balaban J connectivity index is 2.22. The van der Waals surface area contributed by atoms with Crippen LogP contribution in [0.25, 0.3) is 0 Å². The molecular weight excluding hydrogens is 242 g/mol. The van der Waals surface area contributed by atoms with Gasteiger partial charge in [-0.05, 0) is 24.0 Å². The first-order valence-electron chi connectivity index (χ1n) is 6.52. The van der Waals surface area contributed by atoms with Crippen molar-refractivity contribution in [1.29, 1.82) is 0 Å². The summed E-state index contributed by atoms with van der Waals surface area (Å²) in [5, 5.41) is 9.80. The molecule has 0 amide bonds. The zero-order valence-electron chi connectivity index (χ0n) is 10.9. The van der Waals surface area contributed by atoms with Crippen LogP contribution >= 0.6 is 0 Å². The molecule has 4 nitrogen and oxygen atoms in total. The molecule has 1 saturated carbocycles. The Kier molecular flexibility index (Phi) is 4.10. The van der Waals surface area contributed by atoms with Gasteiger partial charge in [0.2, 0.25) is 0 Å². The Hall–Kier alpha value is -1.97. The Labute approximate surface area is 112 Å². The van der Waals surface area contributed by atoms with Crippen molar-refractivity contribution in [2.75, 3.05) is 0 Å². The lowest BCUT2D eigenvalue weighted by Crippen LogP contribution is -2.26. The van der Waals surface area contributed by atoms with Crippen LogP contribution in [0.4, 0.5) is 0 Å². The molecule has 19 heavy (non-hydrogen) atoms. The third-order valence-electron chi connectivity index (χ3n) is 3.35. The van der Waals surface area contributed by atoms with E-state index >= 15 is 0 Å². The molecule has 0 spiro atoms. The van der Waals surface area contributed by atoms with Gasteiger partial charge in [0.25, 0.3) is 0 Å². The monoisotopic (exact) mass is 259 g/mol. The summed E-state index contributed by atoms with van der Waals surface area (Å²) in [7, 11) is 0. The zero-order valence-corrected chi connectivity index (χ0v) is 10.9. The minimum atomic E-state index is -0.254. The van der Waals surface area contributed by atoms with Crippen LogP contribution in [-0.2, 0) is 9.59 Å². The number of carbonyl (C=O) groups excluding carboxylic acids is 2. The fourth-order valence-corrected chi connectivity index (χ4v) is 2.42. The van der Waals surface area contributed by atoms with Crippen molar-refractivity contribution in [3.8, 4) is 0 Å². The van der Waals surface area contributed by atoms with Gasteiger partial charge in [-0.3, -0.25) is 14.6 Å². The number of pyridine rings is 1. The van der Waals surface area contributed by atoms with E-state index in [1.807, 2.05) is 13.0 Å². The van der Waals surface area contributed by atoms with Crippen molar-refractivity contribution in [3.63, 3.8) is 0 Å². The quantitative estimate of drug-likeness (QED) is 0.515. The van der Waals surface area contributed by atoms with E-state index in [-0.39, 0.29) is 41.7 Å². The van der Waals surface area contributed by atoms with Gasteiger partial charge < -0.3 is 5.11 Å². The summed E-state index contributed by atoms with van der Waals surface area (Å²) < 4.78 is 0. The fourth-order valence-electron chi connectivity index (χ4n) is 2.42. The molecule has 1 aromatic rings. The third kappa shape index (κ3) is 2.89. The molecule has 0 unspecified atom stereocenters. The molecule has 1 fully saturated rings. The normalized spacial score (nSPS) is 19.6. The smallest absolute Gasteiger partial charge is 0.170 e. The second kappa shape index (κ2) is 5.78. The SMILES string of the molecule is CCCC(O)=C1C(=O)CC(c2cccnc2)CC1=O. The van der Waals surface area contributed by atoms with E-state index < -0.39 is 0 Å². The lowest BCUT2D eigenvalue weighted by molar-refractivity contribution is -0.124. The molecule has 0 aromatic carbocycles. The number of carbonyl (C=O) groups is 2. The average molecular weight is 259 g/mol. The number of nitrogens with zero attached hydrogens (tertiary/aromatic N) is 1. The molecule has 1 N–H and O–H groups in total. The molecule has 100 valence electrons. The average Bonchev–Trinajstić information content (AvgIpc) is 2.39. The molecule has 0 bridgehead atoms. The first-order chi connectivity index (χ1) is 9.13. The minimum Gasteiger partial charge on any atom is -0.511 e. The summed E-state index contributed by atoms with van der Waals surface area (Å²) in [5.41, 5.74) is 0.917. The number of Topliss-reactive ketones (excluding diaryl/α,β-unsaturated/α-hetero) is 2. The first kappa shape index (κ1) is 13.5. The number of aromatic nitrogens is 1. The number of ketones is 2. The van der Waals surface area contributed by atoms with E-state index in [9.17, 15) is 14.7 Å². The maximum atomic E-state index is 12.0. The molecule has 0 radical (unpaired) electrons. The van der Waals surface area contributed by atoms with Gasteiger partial charge in [0.1, 0.15) is 5.76 Å². The predicted molar refractivity (Wildman–Crippen MR) is 70.8 cm³/mol. The van der Waals surface area contributed by atoms with Crippen LogP contribution in [0.15, 0.2) is 35.9 Å². The van der Waals surface area contributed by atoms with E-state index in [0.717, 1.165) is 5.56 Å². The highest BCUT2D eigenvalue weighted by Gasteiger charge is 2.33. The predicted octanol–water partition coefficient (Wildman–Crippen LogP) is 2.71. The van der Waals surface area contributed by atoms with Crippen LogP contribution in [0.1, 0.15) is 44.1 Å². The van der Waals surface area contributed by atoms with Crippen molar-refractivity contribution >= 4 is 11.6 Å². The van der Waals surface area contributed by atoms with Crippen LogP contribution in [0.5, 0.6) is 0 Å². The van der Waals surface area contributed by atoms with Crippen molar-refractivity contribution in [3.05, 3.63) is 41.4 Å². The van der Waals surface area contributed by atoms with E-state index in [1.165, 1.54) is 0 Å². The highest BCUT2D eigenvalue weighted by molar-refractivity contribution is 6.22. The molecule has 1 aromatic heterocycles. The van der Waals surface area contributed by atoms with Crippen LogP contribution in [-0.4, -0.2) is 21.7 Å². The van der Waals surface area contributed by atoms with Gasteiger partial charge in [-0.1, -0.05) is 13.0 Å². The highest BCUT2D eigenvalue weighted by Crippen LogP contribution is 2.32. The van der Waals surface area contributed by atoms with Crippen LogP contribution in [0, 0.1) is 0 Å². The zero-order chi connectivity index (χ0) is 13.8. The Morgan fingerprint density at radius 1 is 1.37 bits per heavy atom. The van der Waals surface area contributed by atoms with Gasteiger partial charge in [0.05, 0.1) is 5.57 Å². The third-order valence-corrected chi connectivity index (χ3v) is 3.35. The Bertz CT molecular complexity index is 499. The fraction of sp³-hybridized carbons (Fsp3) is 0.400. The van der Waals surface area contributed by atoms with Crippen molar-refractivity contribution in [2.24, 2.45) is 0 Å². The minimum absolute atomic E-state index is 0.0157. The van der Waals surface area contributed by atoms with E-state index in [0.29, 0.717) is 12.8 Å². The number of allylic oxidation sites excluding steroid dienone is 2.